The summed E-state index contributed by atoms with van der Waals surface area (Å²) >= 11 is -0.831. The summed E-state index contributed by atoms with van der Waals surface area (Å²) in [7, 11) is 0. The zero-order valence-corrected chi connectivity index (χ0v) is 21.2. The van der Waals surface area contributed by atoms with Gasteiger partial charge in [0.05, 0.1) is 5.70 Å². The smallest absolute Gasteiger partial charge is 0.275 e. The van der Waals surface area contributed by atoms with E-state index in [0.29, 0.717) is 14.9 Å². The molecule has 1 aliphatic rings. The van der Waals surface area contributed by atoms with Crippen LogP contribution in [0.2, 0.25) is 0 Å². The van der Waals surface area contributed by atoms with Crippen molar-refractivity contribution < 1.29 is 14.7 Å². The van der Waals surface area contributed by atoms with Gasteiger partial charge in [0.25, 0.3) is 5.91 Å². The molecular formula is C24H29IN6O3. The summed E-state index contributed by atoms with van der Waals surface area (Å²) in [4.78, 5) is 27.5. The van der Waals surface area contributed by atoms with Crippen LogP contribution in [0.15, 0.2) is 58.7 Å². The van der Waals surface area contributed by atoms with Gasteiger partial charge < -0.3 is 16.2 Å². The minimum absolute atomic E-state index is 0.0170. The number of halogens is 1. The van der Waals surface area contributed by atoms with E-state index in [1.54, 1.807) is 24.3 Å². The SMILES string of the molecule is CC(C)NC(O)NC1=IC=C(c2ccccc2)N(CC(=O)NCc2ccc(C(=N)N)cc2)C1=O. The molecule has 0 spiro atoms. The minimum Gasteiger partial charge on any atom is -0.384 e. The molecule has 1 heterocycles. The number of nitrogens with two attached hydrogens (primary N) is 1. The Bertz CT molecular complexity index is 1100. The van der Waals surface area contributed by atoms with E-state index < -0.39 is 27.1 Å². The van der Waals surface area contributed by atoms with E-state index in [9.17, 15) is 14.7 Å². The lowest BCUT2D eigenvalue weighted by atomic mass is 10.1. The highest BCUT2D eigenvalue weighted by Gasteiger charge is 2.29. The van der Waals surface area contributed by atoms with Crippen molar-refractivity contribution in [3.8, 4) is 0 Å². The summed E-state index contributed by atoms with van der Waals surface area (Å²) in [5.74, 6) is -0.650. The number of aliphatic hydroxyl groups excluding tert-OH is 1. The number of amidine groups is 1. The van der Waals surface area contributed by atoms with Gasteiger partial charge in [0.15, 0.2) is 6.35 Å². The molecule has 0 fully saturated rings. The van der Waals surface area contributed by atoms with Crippen LogP contribution in [0.1, 0.15) is 30.5 Å². The molecule has 2 aromatic carbocycles. The van der Waals surface area contributed by atoms with Crippen LogP contribution in [-0.4, -0.2) is 50.2 Å². The van der Waals surface area contributed by atoms with Crippen molar-refractivity contribution >= 4 is 47.7 Å². The van der Waals surface area contributed by atoms with Crippen LogP contribution in [0.25, 0.3) is 5.70 Å². The highest BCUT2D eigenvalue weighted by Crippen LogP contribution is 2.27. The van der Waals surface area contributed by atoms with E-state index in [2.05, 4.69) is 16.0 Å². The molecule has 2 amide bonds. The summed E-state index contributed by atoms with van der Waals surface area (Å²) in [5, 5.41) is 26.3. The lowest BCUT2D eigenvalue weighted by molar-refractivity contribution is -0.128. The Morgan fingerprint density at radius 3 is 2.44 bits per heavy atom. The van der Waals surface area contributed by atoms with Crippen molar-refractivity contribution in [2.24, 2.45) is 5.73 Å². The Balaban J connectivity index is 1.73. The third-order valence-corrected chi connectivity index (χ3v) is 7.17. The molecule has 0 aromatic heterocycles. The largest absolute Gasteiger partial charge is 0.384 e. The lowest BCUT2D eigenvalue weighted by Crippen LogP contribution is -2.53. The Labute approximate surface area is 208 Å². The Morgan fingerprint density at radius 1 is 1.15 bits per heavy atom. The fraction of sp³-hybridized carbons (Fsp3) is 0.250. The molecule has 1 atom stereocenters. The summed E-state index contributed by atoms with van der Waals surface area (Å²) < 4.78 is 2.39. The number of aliphatic hydroxyl groups is 1. The molecule has 0 saturated carbocycles. The molecule has 1 unspecified atom stereocenters. The van der Waals surface area contributed by atoms with Gasteiger partial charge in [-0.3, -0.25) is 25.2 Å². The second-order valence-corrected chi connectivity index (χ2v) is 10.3. The summed E-state index contributed by atoms with van der Waals surface area (Å²) in [6, 6.07) is 16.5. The number of rotatable bonds is 10. The minimum atomic E-state index is -1.06. The van der Waals surface area contributed by atoms with E-state index in [1.165, 1.54) is 4.90 Å². The first-order chi connectivity index (χ1) is 16.2. The van der Waals surface area contributed by atoms with Gasteiger partial charge in [-0.2, -0.15) is 0 Å². The van der Waals surface area contributed by atoms with Gasteiger partial charge in [0.1, 0.15) is 16.0 Å². The summed E-state index contributed by atoms with van der Waals surface area (Å²) in [6.45, 7) is 3.91. The first-order valence-electron chi connectivity index (χ1n) is 10.7. The summed E-state index contributed by atoms with van der Waals surface area (Å²) in [5.41, 5.74) is 8.48. The van der Waals surface area contributed by atoms with E-state index in [-0.39, 0.29) is 36.8 Å². The average molecular weight is 576 g/mol. The first kappa shape index (κ1) is 25.7. The molecule has 0 bridgehead atoms. The normalized spacial score (nSPS) is 14.7. The molecule has 34 heavy (non-hydrogen) atoms. The van der Waals surface area contributed by atoms with E-state index in [1.807, 2.05) is 48.3 Å². The standard InChI is InChI=1S/C24H29IN6O3/c1-15(2)29-24(34)30-21-23(33)31(19(12-25-21)17-6-4-3-5-7-17)14-20(32)28-13-16-8-10-18(11-9-16)22(26)27/h3-12,15,24,29-30,34H,13-14H2,1-2H3,(H3,26,27)(H,28,32). The maximum Gasteiger partial charge on any atom is 0.275 e. The summed E-state index contributed by atoms with van der Waals surface area (Å²) in [6.07, 6.45) is -1.06. The molecule has 7 N–H and O–H groups in total. The molecule has 0 radical (unpaired) electrons. The average Bonchev–Trinajstić information content (AvgIpc) is 2.80. The number of hydrogen-bond acceptors (Lipinski definition) is 6. The van der Waals surface area contributed by atoms with Gasteiger partial charge in [-0.1, -0.05) is 75.3 Å². The van der Waals surface area contributed by atoms with Crippen LogP contribution in [0.5, 0.6) is 0 Å². The van der Waals surface area contributed by atoms with Crippen molar-refractivity contribution in [3.05, 3.63) is 75.4 Å². The Morgan fingerprint density at radius 2 is 1.82 bits per heavy atom. The second kappa shape index (κ2) is 12.0. The molecule has 3 rings (SSSR count). The molecule has 10 heteroatoms. The van der Waals surface area contributed by atoms with Crippen molar-refractivity contribution in [1.29, 1.82) is 5.41 Å². The molecule has 180 valence electrons. The van der Waals surface area contributed by atoms with Gasteiger partial charge in [0.2, 0.25) is 5.91 Å². The van der Waals surface area contributed by atoms with Crippen LogP contribution in [0, 0.1) is 5.41 Å². The Kier molecular flexibility index (Phi) is 9.05. The quantitative estimate of drug-likeness (QED) is 0.109. The van der Waals surface area contributed by atoms with Crippen molar-refractivity contribution in [1.82, 2.24) is 20.9 Å². The number of amides is 2. The topological polar surface area (TPSA) is 144 Å². The number of carbonyl (C=O) groups excluding carboxylic acids is 2. The van der Waals surface area contributed by atoms with Crippen molar-refractivity contribution in [2.75, 3.05) is 6.54 Å². The second-order valence-electron chi connectivity index (χ2n) is 7.93. The van der Waals surface area contributed by atoms with Crippen LogP contribution in [-0.2, 0) is 16.1 Å². The van der Waals surface area contributed by atoms with Gasteiger partial charge in [-0.05, 0) is 29.1 Å². The number of hydrogen-bond donors (Lipinski definition) is 6. The molecule has 0 aliphatic carbocycles. The zero-order chi connectivity index (χ0) is 24.7. The third kappa shape index (κ3) is 7.03. The number of nitrogen functional groups attached to an aromatic ring is 1. The Hall–Kier alpha value is -2.93. The molecular weight excluding hydrogens is 547 g/mol. The van der Waals surface area contributed by atoms with Gasteiger partial charge in [0, 0.05) is 18.2 Å². The number of nitrogens with one attached hydrogen (secondary N) is 4. The van der Waals surface area contributed by atoms with E-state index in [4.69, 9.17) is 11.1 Å². The monoisotopic (exact) mass is 576 g/mol. The van der Waals surface area contributed by atoms with Crippen LogP contribution >= 0.6 is 20.7 Å². The van der Waals surface area contributed by atoms with E-state index in [0.717, 1.165) is 11.1 Å². The van der Waals surface area contributed by atoms with Gasteiger partial charge in [-0.15, -0.1) is 0 Å². The maximum atomic E-state index is 13.3. The molecule has 0 saturated heterocycles. The van der Waals surface area contributed by atoms with Crippen molar-refractivity contribution in [2.45, 2.75) is 32.8 Å². The van der Waals surface area contributed by atoms with Crippen LogP contribution in [0.3, 0.4) is 0 Å². The first-order valence-corrected chi connectivity index (χ1v) is 13.1. The fourth-order valence-corrected chi connectivity index (χ4v) is 5.53. The van der Waals surface area contributed by atoms with Gasteiger partial charge >= 0.3 is 0 Å². The van der Waals surface area contributed by atoms with Crippen molar-refractivity contribution in [3.63, 3.8) is 0 Å². The lowest BCUT2D eigenvalue weighted by Gasteiger charge is -2.29. The van der Waals surface area contributed by atoms with E-state index >= 15 is 0 Å². The zero-order valence-electron chi connectivity index (χ0n) is 19.0. The van der Waals surface area contributed by atoms with Crippen LogP contribution in [0.4, 0.5) is 0 Å². The maximum absolute atomic E-state index is 13.3. The number of benzene rings is 2. The predicted octanol–water partition coefficient (Wildman–Crippen LogP) is 1.39. The predicted molar refractivity (Wildman–Crippen MR) is 142 cm³/mol. The fourth-order valence-electron chi connectivity index (χ4n) is 3.20. The van der Waals surface area contributed by atoms with Crippen LogP contribution < -0.4 is 21.7 Å². The highest BCUT2D eigenvalue weighted by molar-refractivity contribution is 14.2. The van der Waals surface area contributed by atoms with Gasteiger partial charge in [-0.25, -0.2) is 5.32 Å². The third-order valence-electron chi connectivity index (χ3n) is 4.87. The molecule has 2 aromatic rings. The highest BCUT2D eigenvalue weighted by atomic mass is 127. The molecule has 1 aliphatic heterocycles. The number of carbonyl (C=O) groups is 2. The molecule has 9 nitrogen and oxygen atoms in total. The number of nitrogens with zero attached hydrogens (tertiary/aromatic N) is 1.